The molecule has 2 atom stereocenters. The Kier molecular flexibility index (Phi) is 6.05. The Morgan fingerprint density at radius 1 is 1.56 bits per heavy atom. The second kappa shape index (κ2) is 7.07. The van der Waals surface area contributed by atoms with E-state index in [1.807, 2.05) is 13.8 Å². The van der Waals surface area contributed by atoms with Crippen molar-refractivity contribution in [3.63, 3.8) is 0 Å². The molecule has 5 nitrogen and oxygen atoms in total. The number of carbonyl (C=O) groups is 1. The second-order valence-electron chi connectivity index (χ2n) is 5.50. The number of primary amides is 1. The fourth-order valence-corrected chi connectivity index (χ4v) is 2.15. The topological polar surface area (TPSA) is 73.6 Å². The lowest BCUT2D eigenvalue weighted by Gasteiger charge is -2.30. The first-order chi connectivity index (χ1) is 8.44. The zero-order valence-corrected chi connectivity index (χ0v) is 11.7. The summed E-state index contributed by atoms with van der Waals surface area (Å²) >= 11 is 0. The number of nitrogens with two attached hydrogens (primary N) is 1. The molecule has 1 aliphatic rings. The first-order valence-electron chi connectivity index (χ1n) is 6.71. The fourth-order valence-electron chi connectivity index (χ4n) is 2.15. The minimum absolute atomic E-state index is 0.162. The Morgan fingerprint density at radius 2 is 2.28 bits per heavy atom. The number of nitrogens with one attached hydrogen (secondary N) is 1. The summed E-state index contributed by atoms with van der Waals surface area (Å²) in [5, 5.41) is 3.15. The Hall–Kier alpha value is -0.650. The lowest BCUT2D eigenvalue weighted by molar-refractivity contribution is -0.128. The van der Waals surface area contributed by atoms with Crippen LogP contribution in [0.3, 0.4) is 0 Å². The Balaban J connectivity index is 2.35. The van der Waals surface area contributed by atoms with E-state index in [9.17, 15) is 4.79 Å². The maximum atomic E-state index is 11.5. The Bertz CT molecular complexity index is 265. The summed E-state index contributed by atoms with van der Waals surface area (Å²) in [5.74, 6) is -0.388. The van der Waals surface area contributed by atoms with E-state index in [1.54, 1.807) is 6.92 Å². The van der Waals surface area contributed by atoms with Gasteiger partial charge in [-0.25, -0.2) is 0 Å². The van der Waals surface area contributed by atoms with Crippen LogP contribution < -0.4 is 11.1 Å². The second-order valence-corrected chi connectivity index (χ2v) is 5.50. The lowest BCUT2D eigenvalue weighted by atomic mass is 10.0. The predicted octanol–water partition coefficient (Wildman–Crippen LogP) is 0.814. The Labute approximate surface area is 109 Å². The SMILES string of the molecule is CC(C)NC(C)(COCC1CCCCO1)C(N)=O. The molecule has 2 unspecified atom stereocenters. The third-order valence-electron chi connectivity index (χ3n) is 3.12. The number of hydrogen-bond donors (Lipinski definition) is 2. The fraction of sp³-hybridized carbons (Fsp3) is 0.923. The van der Waals surface area contributed by atoms with Crippen LogP contribution in [0.25, 0.3) is 0 Å². The molecule has 3 N–H and O–H groups in total. The van der Waals surface area contributed by atoms with Gasteiger partial charge in [0, 0.05) is 12.6 Å². The maximum Gasteiger partial charge on any atom is 0.239 e. The van der Waals surface area contributed by atoms with Crippen LogP contribution in [0.2, 0.25) is 0 Å². The molecule has 1 fully saturated rings. The quantitative estimate of drug-likeness (QED) is 0.709. The van der Waals surface area contributed by atoms with Gasteiger partial charge in [-0.1, -0.05) is 0 Å². The summed E-state index contributed by atoms with van der Waals surface area (Å²) in [6.45, 7) is 7.35. The molecule has 0 saturated carbocycles. The van der Waals surface area contributed by atoms with Gasteiger partial charge in [-0.05, 0) is 40.0 Å². The minimum Gasteiger partial charge on any atom is -0.376 e. The van der Waals surface area contributed by atoms with Gasteiger partial charge in [-0.15, -0.1) is 0 Å². The molecule has 1 rings (SSSR count). The highest BCUT2D eigenvalue weighted by Gasteiger charge is 2.32. The van der Waals surface area contributed by atoms with E-state index in [4.69, 9.17) is 15.2 Å². The molecule has 1 aliphatic heterocycles. The van der Waals surface area contributed by atoms with Gasteiger partial charge < -0.3 is 15.2 Å². The first kappa shape index (κ1) is 15.4. The average molecular weight is 258 g/mol. The van der Waals surface area contributed by atoms with Crippen molar-refractivity contribution in [2.75, 3.05) is 19.8 Å². The lowest BCUT2D eigenvalue weighted by Crippen LogP contribution is -2.58. The van der Waals surface area contributed by atoms with Gasteiger partial charge in [0.05, 0.1) is 19.3 Å². The van der Waals surface area contributed by atoms with E-state index >= 15 is 0 Å². The van der Waals surface area contributed by atoms with Gasteiger partial charge in [-0.2, -0.15) is 0 Å². The molecule has 1 amide bonds. The predicted molar refractivity (Wildman–Crippen MR) is 70.3 cm³/mol. The monoisotopic (exact) mass is 258 g/mol. The third kappa shape index (κ3) is 4.92. The number of ether oxygens (including phenoxy) is 2. The van der Waals surface area contributed by atoms with Crippen molar-refractivity contribution in [3.05, 3.63) is 0 Å². The molecule has 0 spiro atoms. The highest BCUT2D eigenvalue weighted by Crippen LogP contribution is 2.14. The van der Waals surface area contributed by atoms with Crippen LogP contribution in [0.1, 0.15) is 40.0 Å². The standard InChI is InChI=1S/C13H26N2O3/c1-10(2)15-13(3,12(14)16)9-17-8-11-6-4-5-7-18-11/h10-11,15H,4-9H2,1-3H3,(H2,14,16). The number of carbonyl (C=O) groups excluding carboxylic acids is 1. The normalized spacial score (nSPS) is 23.9. The van der Waals surface area contributed by atoms with Crippen LogP contribution >= 0.6 is 0 Å². The van der Waals surface area contributed by atoms with Gasteiger partial charge in [-0.3, -0.25) is 10.1 Å². The highest BCUT2D eigenvalue weighted by molar-refractivity contribution is 5.84. The third-order valence-corrected chi connectivity index (χ3v) is 3.12. The van der Waals surface area contributed by atoms with Crippen molar-refractivity contribution in [2.45, 2.75) is 57.7 Å². The molecule has 0 aromatic carbocycles. The van der Waals surface area contributed by atoms with Crippen LogP contribution in [0.4, 0.5) is 0 Å². The van der Waals surface area contributed by atoms with Crippen LogP contribution in [0, 0.1) is 0 Å². The minimum atomic E-state index is -0.817. The average Bonchev–Trinajstić information content (AvgIpc) is 2.29. The summed E-state index contributed by atoms with van der Waals surface area (Å²) in [6.07, 6.45) is 3.51. The maximum absolute atomic E-state index is 11.5. The van der Waals surface area contributed by atoms with Crippen molar-refractivity contribution in [1.29, 1.82) is 0 Å². The van der Waals surface area contributed by atoms with Crippen molar-refractivity contribution in [2.24, 2.45) is 5.73 Å². The van der Waals surface area contributed by atoms with E-state index < -0.39 is 5.54 Å². The molecule has 0 aromatic rings. The van der Waals surface area contributed by atoms with Gasteiger partial charge in [0.1, 0.15) is 5.54 Å². The van der Waals surface area contributed by atoms with E-state index in [-0.39, 0.29) is 24.7 Å². The van der Waals surface area contributed by atoms with E-state index in [2.05, 4.69) is 5.32 Å². The van der Waals surface area contributed by atoms with Crippen LogP contribution in [0.5, 0.6) is 0 Å². The number of hydrogen-bond acceptors (Lipinski definition) is 4. The zero-order chi connectivity index (χ0) is 13.6. The summed E-state index contributed by atoms with van der Waals surface area (Å²) in [5.41, 5.74) is 4.61. The van der Waals surface area contributed by atoms with Gasteiger partial charge in [0.2, 0.25) is 5.91 Å². The molecule has 0 bridgehead atoms. The van der Waals surface area contributed by atoms with E-state index in [1.165, 1.54) is 6.42 Å². The van der Waals surface area contributed by atoms with Crippen molar-refractivity contribution in [3.8, 4) is 0 Å². The largest absolute Gasteiger partial charge is 0.376 e. The van der Waals surface area contributed by atoms with E-state index in [0.29, 0.717) is 6.61 Å². The molecule has 0 aromatic heterocycles. The number of rotatable bonds is 7. The van der Waals surface area contributed by atoms with Crippen molar-refractivity contribution >= 4 is 5.91 Å². The molecule has 1 saturated heterocycles. The summed E-state index contributed by atoms with van der Waals surface area (Å²) < 4.78 is 11.2. The smallest absolute Gasteiger partial charge is 0.239 e. The van der Waals surface area contributed by atoms with Gasteiger partial charge in [0.25, 0.3) is 0 Å². The van der Waals surface area contributed by atoms with Crippen LogP contribution in [-0.4, -0.2) is 43.4 Å². The Morgan fingerprint density at radius 3 is 2.78 bits per heavy atom. The zero-order valence-electron chi connectivity index (χ0n) is 11.7. The van der Waals surface area contributed by atoms with Gasteiger partial charge >= 0.3 is 0 Å². The highest BCUT2D eigenvalue weighted by atomic mass is 16.5. The molecule has 106 valence electrons. The summed E-state index contributed by atoms with van der Waals surface area (Å²) in [7, 11) is 0. The first-order valence-corrected chi connectivity index (χ1v) is 6.71. The molecule has 18 heavy (non-hydrogen) atoms. The van der Waals surface area contributed by atoms with E-state index in [0.717, 1.165) is 19.4 Å². The summed E-state index contributed by atoms with van der Waals surface area (Å²) in [6, 6.07) is 0.178. The van der Waals surface area contributed by atoms with Crippen LogP contribution in [-0.2, 0) is 14.3 Å². The summed E-state index contributed by atoms with van der Waals surface area (Å²) in [4.78, 5) is 11.5. The molecule has 5 heteroatoms. The molecule has 0 radical (unpaired) electrons. The molecule has 1 heterocycles. The van der Waals surface area contributed by atoms with Crippen LogP contribution in [0.15, 0.2) is 0 Å². The van der Waals surface area contributed by atoms with Crippen molar-refractivity contribution < 1.29 is 14.3 Å². The van der Waals surface area contributed by atoms with Gasteiger partial charge in [0.15, 0.2) is 0 Å². The molecular weight excluding hydrogens is 232 g/mol. The molecule has 0 aliphatic carbocycles. The van der Waals surface area contributed by atoms with Crippen molar-refractivity contribution in [1.82, 2.24) is 5.32 Å². The molecular formula is C13H26N2O3. The number of amides is 1.